The van der Waals surface area contributed by atoms with Gasteiger partial charge in [0, 0.05) is 36.6 Å². The van der Waals surface area contributed by atoms with Gasteiger partial charge in [0.05, 0.1) is 7.11 Å². The van der Waals surface area contributed by atoms with E-state index in [1.54, 1.807) is 7.11 Å². The zero-order valence-corrected chi connectivity index (χ0v) is 13.1. The normalized spacial score (nSPS) is 10.3. The molecule has 0 spiro atoms. The zero-order chi connectivity index (χ0) is 15.2. The number of ether oxygens (including phenoxy) is 1. The minimum atomic E-state index is 0.755. The minimum absolute atomic E-state index is 0.755. The third kappa shape index (κ3) is 3.84. The van der Waals surface area contributed by atoms with Crippen LogP contribution < -0.4 is 15.0 Å². The fourth-order valence-corrected chi connectivity index (χ4v) is 2.11. The molecule has 0 aliphatic carbocycles. The van der Waals surface area contributed by atoms with Crippen molar-refractivity contribution >= 4 is 17.5 Å². The lowest BCUT2D eigenvalue weighted by molar-refractivity contribution is 0.415. The first-order valence-corrected chi connectivity index (χ1v) is 7.18. The van der Waals surface area contributed by atoms with Crippen LogP contribution in [-0.2, 0) is 0 Å². The lowest BCUT2D eigenvalue weighted by Gasteiger charge is -2.19. The Morgan fingerprint density at radius 3 is 2.57 bits per heavy atom. The monoisotopic (exact) mass is 286 g/mol. The molecule has 0 radical (unpaired) electrons. The first kappa shape index (κ1) is 15.1. The summed E-state index contributed by atoms with van der Waals surface area (Å²) in [7, 11) is 1.66. The number of hydrogen-bond acceptors (Lipinski definition) is 5. The van der Waals surface area contributed by atoms with E-state index in [0.29, 0.717) is 0 Å². The summed E-state index contributed by atoms with van der Waals surface area (Å²) >= 11 is 0. The third-order valence-corrected chi connectivity index (χ3v) is 3.23. The molecular weight excluding hydrogens is 264 g/mol. The van der Waals surface area contributed by atoms with Gasteiger partial charge in [-0.2, -0.15) is 4.98 Å². The highest BCUT2D eigenvalue weighted by Gasteiger charge is 2.08. The second-order valence-electron chi connectivity index (χ2n) is 4.72. The van der Waals surface area contributed by atoms with Gasteiger partial charge in [0.1, 0.15) is 11.6 Å². The van der Waals surface area contributed by atoms with E-state index in [0.717, 1.165) is 42.0 Å². The van der Waals surface area contributed by atoms with Crippen LogP contribution in [0.2, 0.25) is 0 Å². The Morgan fingerprint density at radius 2 is 1.90 bits per heavy atom. The van der Waals surface area contributed by atoms with Gasteiger partial charge in [-0.3, -0.25) is 0 Å². The predicted molar refractivity (Wildman–Crippen MR) is 86.6 cm³/mol. The second kappa shape index (κ2) is 6.92. The van der Waals surface area contributed by atoms with Gasteiger partial charge in [-0.15, -0.1) is 0 Å². The van der Waals surface area contributed by atoms with Crippen LogP contribution >= 0.6 is 0 Å². The number of aryl methyl sites for hydroxylation is 1. The number of methoxy groups -OCH3 is 1. The Bertz CT molecular complexity index is 597. The summed E-state index contributed by atoms with van der Waals surface area (Å²) < 4.78 is 5.23. The first-order valence-electron chi connectivity index (χ1n) is 7.18. The van der Waals surface area contributed by atoms with E-state index in [1.165, 1.54) is 0 Å². The lowest BCUT2D eigenvalue weighted by Crippen LogP contribution is -2.24. The molecule has 0 bridgehead atoms. The van der Waals surface area contributed by atoms with E-state index in [4.69, 9.17) is 4.74 Å². The molecule has 5 heteroatoms. The predicted octanol–water partition coefficient (Wildman–Crippen LogP) is 3.38. The Hall–Kier alpha value is -2.30. The zero-order valence-electron chi connectivity index (χ0n) is 13.1. The van der Waals surface area contributed by atoms with Crippen molar-refractivity contribution in [1.82, 2.24) is 9.97 Å². The summed E-state index contributed by atoms with van der Waals surface area (Å²) in [4.78, 5) is 11.2. The fourth-order valence-electron chi connectivity index (χ4n) is 2.11. The average Bonchev–Trinajstić information content (AvgIpc) is 2.48. The molecule has 0 fully saturated rings. The number of nitrogens with one attached hydrogen (secondary N) is 1. The summed E-state index contributed by atoms with van der Waals surface area (Å²) in [5.41, 5.74) is 1.88. The van der Waals surface area contributed by atoms with Crippen molar-refractivity contribution < 1.29 is 4.74 Å². The van der Waals surface area contributed by atoms with Crippen molar-refractivity contribution in [1.29, 1.82) is 0 Å². The van der Waals surface area contributed by atoms with Gasteiger partial charge in [-0.05, 0) is 32.9 Å². The molecule has 0 unspecified atom stereocenters. The van der Waals surface area contributed by atoms with Crippen LogP contribution in [-0.4, -0.2) is 30.2 Å². The lowest BCUT2D eigenvalue weighted by atomic mass is 10.3. The smallest absolute Gasteiger partial charge is 0.227 e. The van der Waals surface area contributed by atoms with E-state index in [9.17, 15) is 0 Å². The molecule has 1 aromatic heterocycles. The van der Waals surface area contributed by atoms with Crippen molar-refractivity contribution in [2.45, 2.75) is 20.8 Å². The van der Waals surface area contributed by atoms with Gasteiger partial charge in [0.2, 0.25) is 5.95 Å². The number of benzene rings is 1. The molecular formula is C16H22N4O. The van der Waals surface area contributed by atoms with E-state index in [2.05, 4.69) is 34.0 Å². The number of anilines is 3. The van der Waals surface area contributed by atoms with Crippen LogP contribution in [0, 0.1) is 6.92 Å². The maximum atomic E-state index is 5.23. The fraction of sp³-hybridized carbons (Fsp3) is 0.375. The highest BCUT2D eigenvalue weighted by atomic mass is 16.5. The van der Waals surface area contributed by atoms with Crippen LogP contribution in [0.1, 0.15) is 19.5 Å². The average molecular weight is 286 g/mol. The second-order valence-corrected chi connectivity index (χ2v) is 4.72. The minimum Gasteiger partial charge on any atom is -0.497 e. The largest absolute Gasteiger partial charge is 0.497 e. The molecule has 0 saturated heterocycles. The van der Waals surface area contributed by atoms with Crippen molar-refractivity contribution in [3.63, 3.8) is 0 Å². The molecule has 21 heavy (non-hydrogen) atoms. The van der Waals surface area contributed by atoms with E-state index < -0.39 is 0 Å². The summed E-state index contributed by atoms with van der Waals surface area (Å²) in [6.07, 6.45) is 0. The Morgan fingerprint density at radius 1 is 1.14 bits per heavy atom. The number of nitrogens with zero attached hydrogens (tertiary/aromatic N) is 3. The number of aromatic nitrogens is 2. The van der Waals surface area contributed by atoms with Gasteiger partial charge >= 0.3 is 0 Å². The van der Waals surface area contributed by atoms with Crippen LogP contribution in [0.25, 0.3) is 0 Å². The summed E-state index contributed by atoms with van der Waals surface area (Å²) in [5.74, 6) is 2.36. The molecule has 1 N–H and O–H groups in total. The molecule has 112 valence electrons. The molecule has 0 atom stereocenters. The molecule has 0 amide bonds. The topological polar surface area (TPSA) is 50.3 Å². The molecule has 2 rings (SSSR count). The summed E-state index contributed by atoms with van der Waals surface area (Å²) in [6, 6.07) is 9.72. The standard InChI is InChI=1S/C16H22N4O/c1-5-20(6-2)16-17-12(3)10-15(19-16)18-13-8-7-9-14(11-13)21-4/h7-11H,5-6H2,1-4H3,(H,17,18,19). The maximum Gasteiger partial charge on any atom is 0.227 e. The molecule has 5 nitrogen and oxygen atoms in total. The van der Waals surface area contributed by atoms with Gasteiger partial charge in [0.15, 0.2) is 0 Å². The molecule has 0 aliphatic rings. The van der Waals surface area contributed by atoms with Crippen molar-refractivity contribution in [2.75, 3.05) is 30.4 Å². The van der Waals surface area contributed by atoms with E-state index >= 15 is 0 Å². The highest BCUT2D eigenvalue weighted by molar-refractivity contribution is 5.59. The molecule has 0 saturated carbocycles. The van der Waals surface area contributed by atoms with E-state index in [1.807, 2.05) is 37.3 Å². The third-order valence-electron chi connectivity index (χ3n) is 3.23. The maximum absolute atomic E-state index is 5.23. The molecule has 2 aromatic rings. The Kier molecular flexibility index (Phi) is 4.98. The Balaban J connectivity index is 2.27. The Labute approximate surface area is 126 Å². The molecule has 1 aromatic carbocycles. The number of rotatable bonds is 6. The first-order chi connectivity index (χ1) is 10.2. The van der Waals surface area contributed by atoms with Crippen molar-refractivity contribution in [2.24, 2.45) is 0 Å². The summed E-state index contributed by atoms with van der Waals surface area (Å²) in [6.45, 7) is 7.96. The quantitative estimate of drug-likeness (QED) is 0.882. The number of hydrogen-bond donors (Lipinski definition) is 1. The SMILES string of the molecule is CCN(CC)c1nc(C)cc(Nc2cccc(OC)c2)n1. The van der Waals surface area contributed by atoms with Crippen LogP contribution in [0.15, 0.2) is 30.3 Å². The van der Waals surface area contributed by atoms with Gasteiger partial charge in [-0.1, -0.05) is 6.07 Å². The van der Waals surface area contributed by atoms with Crippen LogP contribution in [0.5, 0.6) is 5.75 Å². The highest BCUT2D eigenvalue weighted by Crippen LogP contribution is 2.22. The van der Waals surface area contributed by atoms with Crippen molar-refractivity contribution in [3.05, 3.63) is 36.0 Å². The van der Waals surface area contributed by atoms with Gasteiger partial charge in [-0.25, -0.2) is 4.98 Å². The van der Waals surface area contributed by atoms with Crippen molar-refractivity contribution in [3.8, 4) is 5.75 Å². The van der Waals surface area contributed by atoms with E-state index in [-0.39, 0.29) is 0 Å². The van der Waals surface area contributed by atoms with Gasteiger partial charge in [0.25, 0.3) is 0 Å². The van der Waals surface area contributed by atoms with Crippen LogP contribution in [0.3, 0.4) is 0 Å². The summed E-state index contributed by atoms with van der Waals surface area (Å²) in [5, 5.41) is 3.31. The molecule has 0 aliphatic heterocycles. The van der Waals surface area contributed by atoms with Crippen LogP contribution in [0.4, 0.5) is 17.5 Å². The molecule has 1 heterocycles. The van der Waals surface area contributed by atoms with Gasteiger partial charge < -0.3 is 15.0 Å².